The van der Waals surface area contributed by atoms with E-state index in [0.717, 1.165) is 11.2 Å². The lowest BCUT2D eigenvalue weighted by Crippen LogP contribution is -2.41. The monoisotopic (exact) mass is 274 g/mol. The third kappa shape index (κ3) is 2.91. The van der Waals surface area contributed by atoms with Crippen molar-refractivity contribution in [3.05, 3.63) is 36.9 Å². The fraction of sp³-hybridized carbons (Fsp3) is 0.500. The lowest BCUT2D eigenvalue weighted by atomic mass is 9.79. The number of rotatable bonds is 4. The highest BCUT2D eigenvalue weighted by Gasteiger charge is 2.51. The molecule has 1 aliphatic heterocycles. The van der Waals surface area contributed by atoms with Gasteiger partial charge < -0.3 is 14.0 Å². The van der Waals surface area contributed by atoms with Crippen LogP contribution in [0.2, 0.25) is 0 Å². The number of ether oxygens (including phenoxy) is 1. The maximum Gasteiger partial charge on any atom is 0.494 e. The fourth-order valence-electron chi connectivity index (χ4n) is 1.98. The van der Waals surface area contributed by atoms with Crippen molar-refractivity contribution in [2.24, 2.45) is 0 Å². The lowest BCUT2D eigenvalue weighted by molar-refractivity contribution is 0.00578. The molecule has 2 rings (SSSR count). The molecule has 108 valence electrons. The molecule has 0 bridgehead atoms. The molecule has 0 spiro atoms. The van der Waals surface area contributed by atoms with Gasteiger partial charge in [0.15, 0.2) is 0 Å². The molecule has 1 aliphatic rings. The second kappa shape index (κ2) is 5.26. The normalized spacial score (nSPS) is 21.6. The van der Waals surface area contributed by atoms with Gasteiger partial charge in [0.05, 0.1) is 11.2 Å². The van der Waals surface area contributed by atoms with E-state index in [1.807, 2.05) is 58.9 Å². The molecule has 0 radical (unpaired) electrons. The van der Waals surface area contributed by atoms with Crippen LogP contribution in [0, 0.1) is 0 Å². The smallest absolute Gasteiger partial charge is 0.487 e. The van der Waals surface area contributed by atoms with Crippen LogP contribution in [0.1, 0.15) is 34.6 Å². The van der Waals surface area contributed by atoms with Crippen molar-refractivity contribution in [1.29, 1.82) is 0 Å². The van der Waals surface area contributed by atoms with E-state index in [0.29, 0.717) is 0 Å². The van der Waals surface area contributed by atoms with Gasteiger partial charge in [-0.3, -0.25) is 0 Å². The molecule has 1 heterocycles. The molecule has 0 aliphatic carbocycles. The molecular weight excluding hydrogens is 251 g/mol. The highest BCUT2D eigenvalue weighted by molar-refractivity contribution is 6.62. The average molecular weight is 274 g/mol. The highest BCUT2D eigenvalue weighted by Crippen LogP contribution is 2.36. The molecule has 20 heavy (non-hydrogen) atoms. The molecule has 1 atom stereocenters. The molecule has 0 aromatic heterocycles. The summed E-state index contributed by atoms with van der Waals surface area (Å²) >= 11 is 0. The average Bonchev–Trinajstić information content (AvgIpc) is 2.59. The summed E-state index contributed by atoms with van der Waals surface area (Å²) in [6.07, 6.45) is 1.74. The summed E-state index contributed by atoms with van der Waals surface area (Å²) in [4.78, 5) is 0. The molecular formula is C16H23BO3. The SMILES string of the molecule is C=CC(C)Oc1cccc(B2OC(C)(C)C(C)(C)O2)c1. The van der Waals surface area contributed by atoms with Gasteiger partial charge >= 0.3 is 7.12 Å². The van der Waals surface area contributed by atoms with Crippen LogP contribution >= 0.6 is 0 Å². The first kappa shape index (κ1) is 15.1. The van der Waals surface area contributed by atoms with Crippen molar-refractivity contribution in [3.63, 3.8) is 0 Å². The summed E-state index contributed by atoms with van der Waals surface area (Å²) in [7, 11) is -0.359. The number of hydrogen-bond acceptors (Lipinski definition) is 3. The van der Waals surface area contributed by atoms with Gasteiger partial charge in [0.25, 0.3) is 0 Å². The van der Waals surface area contributed by atoms with Gasteiger partial charge in [-0.1, -0.05) is 24.8 Å². The topological polar surface area (TPSA) is 27.7 Å². The first-order valence-electron chi connectivity index (χ1n) is 7.00. The summed E-state index contributed by atoms with van der Waals surface area (Å²) in [5, 5.41) is 0. The molecule has 1 aromatic carbocycles. The second-order valence-electron chi connectivity index (χ2n) is 6.22. The summed E-state index contributed by atoms with van der Waals surface area (Å²) in [5.74, 6) is 0.796. The summed E-state index contributed by atoms with van der Waals surface area (Å²) in [6, 6.07) is 7.83. The van der Waals surface area contributed by atoms with Crippen LogP contribution in [0.3, 0.4) is 0 Å². The molecule has 1 unspecified atom stereocenters. The van der Waals surface area contributed by atoms with E-state index in [1.54, 1.807) is 6.08 Å². The molecule has 0 saturated carbocycles. The zero-order valence-corrected chi connectivity index (χ0v) is 13.0. The van der Waals surface area contributed by atoms with E-state index in [4.69, 9.17) is 14.0 Å². The molecule has 4 heteroatoms. The third-order valence-corrected chi connectivity index (χ3v) is 4.04. The Labute approximate surface area is 122 Å². The van der Waals surface area contributed by atoms with Crippen LogP contribution < -0.4 is 10.2 Å². The van der Waals surface area contributed by atoms with Crippen molar-refractivity contribution in [3.8, 4) is 5.75 Å². The predicted octanol–water partition coefficient (Wildman–Crippen LogP) is 2.94. The molecule has 0 amide bonds. The predicted molar refractivity (Wildman–Crippen MR) is 82.4 cm³/mol. The quantitative estimate of drug-likeness (QED) is 0.624. The Balaban J connectivity index is 2.19. The second-order valence-corrected chi connectivity index (χ2v) is 6.22. The Hall–Kier alpha value is -1.26. The van der Waals surface area contributed by atoms with Crippen molar-refractivity contribution in [1.82, 2.24) is 0 Å². The Morgan fingerprint density at radius 3 is 2.35 bits per heavy atom. The standard InChI is InChI=1S/C16H23BO3/c1-7-12(2)18-14-10-8-9-13(11-14)17-19-15(3,4)16(5,6)20-17/h7-12H,1H2,2-6H3. The summed E-state index contributed by atoms with van der Waals surface area (Å²) < 4.78 is 17.8. The minimum atomic E-state index is -0.359. The largest absolute Gasteiger partial charge is 0.494 e. The molecule has 1 fully saturated rings. The van der Waals surface area contributed by atoms with E-state index in [9.17, 15) is 0 Å². The Bertz CT molecular complexity index is 480. The fourth-order valence-corrected chi connectivity index (χ4v) is 1.98. The van der Waals surface area contributed by atoms with Crippen LogP contribution in [-0.4, -0.2) is 24.4 Å². The highest BCUT2D eigenvalue weighted by atomic mass is 16.7. The van der Waals surface area contributed by atoms with Crippen LogP contribution in [0.25, 0.3) is 0 Å². The van der Waals surface area contributed by atoms with Crippen molar-refractivity contribution >= 4 is 12.6 Å². The van der Waals surface area contributed by atoms with E-state index in [1.165, 1.54) is 0 Å². The van der Waals surface area contributed by atoms with Crippen molar-refractivity contribution in [2.45, 2.75) is 51.9 Å². The minimum Gasteiger partial charge on any atom is -0.487 e. The molecule has 1 aromatic rings. The Morgan fingerprint density at radius 1 is 1.20 bits per heavy atom. The summed E-state index contributed by atoms with van der Waals surface area (Å²) in [6.45, 7) is 13.9. The molecule has 1 saturated heterocycles. The zero-order valence-electron chi connectivity index (χ0n) is 13.0. The van der Waals surface area contributed by atoms with Gasteiger partial charge in [0, 0.05) is 0 Å². The molecule has 0 N–H and O–H groups in total. The Morgan fingerprint density at radius 2 is 1.80 bits per heavy atom. The van der Waals surface area contributed by atoms with E-state index < -0.39 is 0 Å². The van der Waals surface area contributed by atoms with E-state index in [-0.39, 0.29) is 24.4 Å². The first-order chi connectivity index (χ1) is 9.25. The van der Waals surface area contributed by atoms with E-state index in [2.05, 4.69) is 6.58 Å². The van der Waals surface area contributed by atoms with E-state index >= 15 is 0 Å². The van der Waals surface area contributed by atoms with Gasteiger partial charge in [-0.15, -0.1) is 0 Å². The van der Waals surface area contributed by atoms with Crippen LogP contribution in [0.4, 0.5) is 0 Å². The van der Waals surface area contributed by atoms with Gasteiger partial charge in [-0.25, -0.2) is 0 Å². The van der Waals surface area contributed by atoms with Crippen molar-refractivity contribution < 1.29 is 14.0 Å². The number of hydrogen-bond donors (Lipinski definition) is 0. The van der Waals surface area contributed by atoms with Crippen LogP contribution in [-0.2, 0) is 9.31 Å². The summed E-state index contributed by atoms with van der Waals surface area (Å²) in [5.41, 5.74) is 0.309. The maximum atomic E-state index is 6.04. The molecule has 3 nitrogen and oxygen atoms in total. The minimum absolute atomic E-state index is 0.0245. The van der Waals surface area contributed by atoms with Crippen LogP contribution in [0.5, 0.6) is 5.75 Å². The Kier molecular flexibility index (Phi) is 3.98. The maximum absolute atomic E-state index is 6.04. The van der Waals surface area contributed by atoms with Gasteiger partial charge in [-0.05, 0) is 52.2 Å². The van der Waals surface area contributed by atoms with Crippen molar-refractivity contribution in [2.75, 3.05) is 0 Å². The first-order valence-corrected chi connectivity index (χ1v) is 7.00. The zero-order chi connectivity index (χ0) is 15.0. The van der Waals surface area contributed by atoms with Gasteiger partial charge in [0.1, 0.15) is 11.9 Å². The number of benzene rings is 1. The van der Waals surface area contributed by atoms with Gasteiger partial charge in [-0.2, -0.15) is 0 Å². The van der Waals surface area contributed by atoms with Gasteiger partial charge in [0.2, 0.25) is 0 Å². The lowest BCUT2D eigenvalue weighted by Gasteiger charge is -2.32. The van der Waals surface area contributed by atoms with Crippen LogP contribution in [0.15, 0.2) is 36.9 Å². The third-order valence-electron chi connectivity index (χ3n) is 4.04.